The van der Waals surface area contributed by atoms with Gasteiger partial charge < -0.3 is 31.8 Å². The second-order valence-corrected chi connectivity index (χ2v) is 29.9. The summed E-state index contributed by atoms with van der Waals surface area (Å²) in [6, 6.07) is 60.9. The van der Waals surface area contributed by atoms with Gasteiger partial charge in [0.1, 0.15) is 40.6 Å². The minimum absolute atomic E-state index is 0.0110. The Morgan fingerprint density at radius 2 is 0.991 bits per heavy atom. The molecule has 5 N–H and O–H groups in total. The first-order valence-electron chi connectivity index (χ1n) is 34.0. The zero-order valence-electron chi connectivity index (χ0n) is 57.8. The number of fused-ring (bicyclic) bond motifs is 5. The number of carbonyl (C=O) groups excluding carboxylic acids is 1. The SMILES string of the molecule is Brc1ccccc1-c1cc(NCc2cccnc2)n2ncc(Br)c2n1.Cc1ccccc1-c1cc(NCc2ccc[n+]([O-])c2)n2ncc(Br)c2c1.Fc1ccccc1-c1cc(NCc2ccc(-c3csnn3)cc2)n2ncc(Br)c2n1.O=C1Cc2cc(CNc3cc(-c4ccccc4F)nc4c(Br)cnn34)ccc2N1. The second-order valence-electron chi connectivity index (χ2n) is 25.0. The predicted molar refractivity (Wildman–Crippen MR) is 442 cm³/mol. The van der Waals surface area contributed by atoms with E-state index in [1.54, 1.807) is 105 Å². The van der Waals surface area contributed by atoms with Crippen LogP contribution in [-0.4, -0.2) is 73.9 Å². The monoisotopic (exact) mass is 1800 g/mol. The Labute approximate surface area is 673 Å². The van der Waals surface area contributed by atoms with Crippen LogP contribution in [0.25, 0.3) is 78.6 Å². The van der Waals surface area contributed by atoms with E-state index in [2.05, 4.69) is 182 Å². The van der Waals surface area contributed by atoms with Crippen LogP contribution >= 0.6 is 91.2 Å². The van der Waals surface area contributed by atoms with Crippen LogP contribution in [0.5, 0.6) is 0 Å². The van der Waals surface area contributed by atoms with Crippen LogP contribution in [-0.2, 0) is 37.4 Å². The highest BCUT2D eigenvalue weighted by atomic mass is 79.9. The Morgan fingerprint density at radius 1 is 0.482 bits per heavy atom. The van der Waals surface area contributed by atoms with E-state index in [1.165, 1.54) is 41.0 Å². The number of nitrogens with zero attached hydrogens (tertiary/aromatic N) is 15. The number of hydrogen-bond acceptors (Lipinski definition) is 17. The molecule has 0 spiro atoms. The molecule has 0 saturated carbocycles. The fourth-order valence-electron chi connectivity index (χ4n) is 12.2. The summed E-state index contributed by atoms with van der Waals surface area (Å²) in [5.41, 5.74) is 18.2. The van der Waals surface area contributed by atoms with E-state index in [0.717, 1.165) is 117 Å². The third-order valence-corrected chi connectivity index (χ3v) is 21.1. The van der Waals surface area contributed by atoms with Crippen LogP contribution in [0.15, 0.2) is 271 Å². The topological polar surface area (TPSA) is 251 Å². The minimum Gasteiger partial charge on any atom is -0.619 e. The van der Waals surface area contributed by atoms with Gasteiger partial charge in [-0.15, -0.1) is 5.10 Å². The molecule has 546 valence electrons. The van der Waals surface area contributed by atoms with E-state index in [1.807, 2.05) is 119 Å². The molecule has 18 rings (SSSR count). The number of rotatable bonds is 17. The van der Waals surface area contributed by atoms with Gasteiger partial charge in [0.2, 0.25) is 5.91 Å². The number of benzene rings is 6. The molecule has 6 aromatic carbocycles. The number of amides is 1. The molecule has 1 amide bonds. The molecule has 1 aliphatic rings. The number of halogens is 7. The number of aryl methyl sites for hydroxylation is 1. The lowest BCUT2D eigenvalue weighted by Gasteiger charge is -2.13. The van der Waals surface area contributed by atoms with E-state index in [9.17, 15) is 18.8 Å². The van der Waals surface area contributed by atoms with Crippen molar-refractivity contribution >= 4 is 149 Å². The van der Waals surface area contributed by atoms with Crippen molar-refractivity contribution < 1.29 is 18.3 Å². The van der Waals surface area contributed by atoms with E-state index >= 15 is 0 Å². The summed E-state index contributed by atoms with van der Waals surface area (Å²) in [5, 5.41) is 51.5. The number of carbonyl (C=O) groups is 1. The number of aromatic nitrogens is 15. The van der Waals surface area contributed by atoms with Gasteiger partial charge in [-0.25, -0.2) is 28.2 Å². The van der Waals surface area contributed by atoms with Crippen molar-refractivity contribution in [2.45, 2.75) is 39.5 Å². The number of nitrogens with one attached hydrogen (secondary N) is 5. The molecule has 0 atom stereocenters. The lowest BCUT2D eigenvalue weighted by molar-refractivity contribution is -0.605. The first-order valence-corrected chi connectivity index (χ1v) is 38.8. The van der Waals surface area contributed by atoms with E-state index in [-0.39, 0.29) is 17.5 Å². The van der Waals surface area contributed by atoms with Crippen molar-refractivity contribution in [1.29, 1.82) is 0 Å². The molecule has 0 aliphatic carbocycles. The summed E-state index contributed by atoms with van der Waals surface area (Å²) < 4.78 is 44.6. The maximum Gasteiger partial charge on any atom is 0.228 e. The first kappa shape index (κ1) is 73.9. The van der Waals surface area contributed by atoms with Crippen LogP contribution in [0, 0.1) is 23.8 Å². The normalized spacial score (nSPS) is 11.5. The summed E-state index contributed by atoms with van der Waals surface area (Å²) in [6.45, 7) is 4.39. The highest BCUT2D eigenvalue weighted by Crippen LogP contribution is 2.36. The van der Waals surface area contributed by atoms with Gasteiger partial charge in [-0.3, -0.25) is 9.78 Å². The van der Waals surface area contributed by atoms with Gasteiger partial charge in [0.25, 0.3) is 0 Å². The van der Waals surface area contributed by atoms with E-state index in [0.29, 0.717) is 72.2 Å². The van der Waals surface area contributed by atoms with Gasteiger partial charge in [0.05, 0.1) is 71.7 Å². The molecule has 1 aliphatic heterocycles. The summed E-state index contributed by atoms with van der Waals surface area (Å²) >= 11 is 19.0. The van der Waals surface area contributed by atoms with Gasteiger partial charge in [-0.1, -0.05) is 130 Å². The average Bonchev–Trinajstić information content (AvgIpc) is 1.46. The van der Waals surface area contributed by atoms with Crippen LogP contribution in [0.4, 0.5) is 37.7 Å². The smallest absolute Gasteiger partial charge is 0.228 e. The van der Waals surface area contributed by atoms with Crippen LogP contribution < -0.4 is 31.3 Å². The Bertz CT molecular complexity index is 6210. The molecular formula is C80H59Br5F2N20O2S. The molecule has 22 nitrogen and oxygen atoms in total. The molecule has 0 fully saturated rings. The van der Waals surface area contributed by atoms with Gasteiger partial charge in [-0.2, -0.15) is 38.7 Å². The van der Waals surface area contributed by atoms with Crippen molar-refractivity contribution in [3.05, 3.63) is 322 Å². The summed E-state index contributed by atoms with van der Waals surface area (Å²) in [6.07, 6.45) is 13.9. The molecule has 11 aromatic heterocycles. The highest BCUT2D eigenvalue weighted by Gasteiger charge is 2.21. The average molecular weight is 1800 g/mol. The molecule has 12 heterocycles. The lowest BCUT2D eigenvalue weighted by atomic mass is 10.0. The van der Waals surface area contributed by atoms with E-state index in [4.69, 9.17) is 4.98 Å². The van der Waals surface area contributed by atoms with Gasteiger partial charge in [0, 0.05) is 106 Å². The van der Waals surface area contributed by atoms with Crippen LogP contribution in [0.1, 0.15) is 33.4 Å². The van der Waals surface area contributed by atoms with Crippen LogP contribution in [0.2, 0.25) is 0 Å². The summed E-state index contributed by atoms with van der Waals surface area (Å²) in [7, 11) is 0. The van der Waals surface area contributed by atoms with Crippen molar-refractivity contribution in [3.8, 4) is 56.2 Å². The van der Waals surface area contributed by atoms with Crippen molar-refractivity contribution in [2.24, 2.45) is 0 Å². The van der Waals surface area contributed by atoms with Gasteiger partial charge in [-0.05, 0) is 182 Å². The molecular weight excluding hydrogens is 1740 g/mol. The van der Waals surface area contributed by atoms with Crippen LogP contribution in [0.3, 0.4) is 0 Å². The summed E-state index contributed by atoms with van der Waals surface area (Å²) in [4.78, 5) is 29.6. The molecule has 0 saturated heterocycles. The molecule has 0 bridgehead atoms. The van der Waals surface area contributed by atoms with Crippen molar-refractivity contribution in [2.75, 3.05) is 26.6 Å². The number of pyridine rings is 3. The number of anilines is 5. The zero-order chi connectivity index (χ0) is 75.8. The Kier molecular flexibility index (Phi) is 22.5. The van der Waals surface area contributed by atoms with Gasteiger partial charge in [0.15, 0.2) is 29.3 Å². The maximum atomic E-state index is 14.3. The third kappa shape index (κ3) is 16.8. The Hall–Kier alpha value is -11.5. The Balaban J connectivity index is 0.000000117. The van der Waals surface area contributed by atoms with E-state index < -0.39 is 0 Å². The lowest BCUT2D eigenvalue weighted by Crippen LogP contribution is -2.25. The molecule has 0 unspecified atom stereocenters. The molecule has 110 heavy (non-hydrogen) atoms. The predicted octanol–water partition coefficient (Wildman–Crippen LogP) is 19.1. The first-order chi connectivity index (χ1) is 53.6. The maximum absolute atomic E-state index is 14.3. The molecule has 17 aromatic rings. The standard InChI is InChI=1S/C21H14BrFN6S.C21H15BrFN5O.C20H17BrN4O.C18H13Br2N5/c22-16-11-25-29-20(9-18(26-21(16)29)15-3-1-2-4-17(15)23)24-10-13-5-7-14(8-6-13)19-12-30-28-27-19;22-15-11-25-28-19(9-18(27-21(15)28)14-3-1-2-4-16(14)23)24-10-12-5-6-17-13(7-12)8-20(29)26-17;1-14-5-2-3-7-17(14)16-9-19-18(21)12-23-25(19)20(10-16)22-11-15-6-4-8-24(26)13-15;19-14-6-2-1-5-13(14)16-8-17(22-10-12-4-3-7-21-9-12)25-18(24-16)15(20)11-23-25/h1-9,11-12,24H,10H2;1-7,9,11,24H,8,10H2,(H,26,29);2-10,12-13,22H,11H2,1H3;1-9,11,22H,10H2. The van der Waals surface area contributed by atoms with Crippen molar-refractivity contribution in [1.82, 2.24) is 68.0 Å². The third-order valence-electron chi connectivity index (χ3n) is 17.6. The Morgan fingerprint density at radius 3 is 1.55 bits per heavy atom. The highest BCUT2D eigenvalue weighted by molar-refractivity contribution is 9.11. The number of hydrogen-bond donors (Lipinski definition) is 5. The zero-order valence-corrected chi connectivity index (χ0v) is 66.5. The minimum atomic E-state index is -0.332. The summed E-state index contributed by atoms with van der Waals surface area (Å²) in [5.74, 6) is 2.50. The molecule has 0 radical (unpaired) electrons. The molecule has 30 heteroatoms. The quantitative estimate of drug-likeness (QED) is 0.0420. The fraction of sp³-hybridized carbons (Fsp3) is 0.0750. The van der Waals surface area contributed by atoms with Gasteiger partial charge >= 0.3 is 0 Å². The second kappa shape index (κ2) is 33.5. The largest absolute Gasteiger partial charge is 0.619 e. The fourth-order valence-corrected chi connectivity index (χ4v) is 14.6. The van der Waals surface area contributed by atoms with Crippen molar-refractivity contribution in [3.63, 3.8) is 0 Å².